The Hall–Kier alpha value is -3.11. The van der Waals surface area contributed by atoms with E-state index in [-0.39, 0.29) is 24.6 Å². The predicted octanol–water partition coefficient (Wildman–Crippen LogP) is 9.95. The van der Waals surface area contributed by atoms with Crippen molar-refractivity contribution in [2.75, 3.05) is 44.4 Å². The number of ether oxygens (including phenoxy) is 3. The Morgan fingerprint density at radius 2 is 1.62 bits per heavy atom. The Morgan fingerprint density at radius 1 is 0.982 bits per heavy atom. The summed E-state index contributed by atoms with van der Waals surface area (Å²) in [4.78, 5) is 27.6. The van der Waals surface area contributed by atoms with Crippen molar-refractivity contribution in [1.82, 2.24) is 10.2 Å². The third-order valence-electron chi connectivity index (χ3n) is 11.7. The van der Waals surface area contributed by atoms with E-state index in [2.05, 4.69) is 41.7 Å². The van der Waals surface area contributed by atoms with Crippen molar-refractivity contribution in [1.29, 1.82) is 0 Å². The van der Waals surface area contributed by atoms with Crippen LogP contribution < -0.4 is 15.4 Å². The lowest BCUT2D eigenvalue weighted by atomic mass is 9.72. The first-order chi connectivity index (χ1) is 26.8. The molecule has 308 valence electrons. The number of amides is 1. The molecular formula is C45H71N3O6S. The number of nitrogens with zero attached hydrogens (tertiary/aromatic N) is 1. The van der Waals surface area contributed by atoms with Crippen LogP contribution in [0.25, 0.3) is 5.57 Å². The van der Waals surface area contributed by atoms with Crippen LogP contribution in [0.1, 0.15) is 135 Å². The van der Waals surface area contributed by atoms with Gasteiger partial charge in [0.05, 0.1) is 25.1 Å². The van der Waals surface area contributed by atoms with E-state index in [0.29, 0.717) is 35.5 Å². The zero-order valence-electron chi connectivity index (χ0n) is 34.3. The van der Waals surface area contributed by atoms with Crippen molar-refractivity contribution in [3.05, 3.63) is 54.6 Å². The average molecular weight is 782 g/mol. The minimum Gasteiger partial charge on any atom is -0.497 e. The van der Waals surface area contributed by atoms with Gasteiger partial charge in [-0.2, -0.15) is 0 Å². The molecular weight excluding hydrogens is 711 g/mol. The highest BCUT2D eigenvalue weighted by molar-refractivity contribution is 7.85. The minimum atomic E-state index is -1.03. The number of alkyl carbamates (subject to hydrolysis) is 1. The van der Waals surface area contributed by atoms with Crippen molar-refractivity contribution in [2.45, 2.75) is 147 Å². The number of carbonyl (C=O) groups is 2. The highest BCUT2D eigenvalue weighted by Gasteiger charge is 2.50. The highest BCUT2D eigenvalue weighted by atomic mass is 32.2. The predicted molar refractivity (Wildman–Crippen MR) is 227 cm³/mol. The summed E-state index contributed by atoms with van der Waals surface area (Å²) in [5, 5.41) is 6.11. The maximum Gasteiger partial charge on any atom is 0.407 e. The van der Waals surface area contributed by atoms with Gasteiger partial charge in [0, 0.05) is 52.0 Å². The molecule has 3 saturated heterocycles. The number of esters is 1. The van der Waals surface area contributed by atoms with Gasteiger partial charge in [0.2, 0.25) is 0 Å². The van der Waals surface area contributed by atoms with E-state index in [1.54, 1.807) is 14.0 Å². The number of fused-ring (bicyclic) bond motifs is 4. The zero-order chi connectivity index (χ0) is 39.4. The number of unbranched alkanes of at least 4 members (excludes halogenated alkanes) is 15. The quantitative estimate of drug-likeness (QED) is 0.0394. The van der Waals surface area contributed by atoms with E-state index in [1.165, 1.54) is 89.9 Å². The number of methoxy groups -OCH3 is 1. The van der Waals surface area contributed by atoms with E-state index in [0.717, 1.165) is 49.1 Å². The first kappa shape index (κ1) is 44.6. The molecule has 10 heteroatoms. The molecule has 3 fully saturated rings. The van der Waals surface area contributed by atoms with Crippen LogP contribution in [0.3, 0.4) is 0 Å². The Balaban J connectivity index is 1.31. The Morgan fingerprint density at radius 3 is 2.20 bits per heavy atom. The molecule has 0 saturated carbocycles. The molecule has 1 amide bonds. The maximum absolute atomic E-state index is 14.1. The maximum atomic E-state index is 14.1. The summed E-state index contributed by atoms with van der Waals surface area (Å²) >= 11 is 0. The van der Waals surface area contributed by atoms with Gasteiger partial charge >= 0.3 is 12.1 Å². The summed E-state index contributed by atoms with van der Waals surface area (Å²) in [6, 6.07) is 5.73. The first-order valence-corrected chi connectivity index (χ1v) is 22.8. The number of carbonyl (C=O) groups excluding carboxylic acids is 2. The number of nitrogens with one attached hydrogen (secondary N) is 2. The Labute approximate surface area is 334 Å². The molecule has 1 aromatic carbocycles. The Bertz CT molecular complexity index is 1430. The number of rotatable bonds is 27. The fraction of sp³-hybridized carbons (Fsp3) is 0.689. The minimum absolute atomic E-state index is 0.0111. The van der Waals surface area contributed by atoms with Crippen molar-refractivity contribution < 1.29 is 28.0 Å². The third kappa shape index (κ3) is 14.1. The van der Waals surface area contributed by atoms with Crippen LogP contribution in [0, 0.1) is 11.8 Å². The fourth-order valence-electron chi connectivity index (χ4n) is 8.52. The molecule has 0 aromatic heterocycles. The second-order valence-corrected chi connectivity index (χ2v) is 17.6. The summed E-state index contributed by atoms with van der Waals surface area (Å²) in [5.41, 5.74) is 3.08. The molecule has 2 bridgehead atoms. The molecule has 0 aliphatic carbocycles. The van der Waals surface area contributed by atoms with Gasteiger partial charge in [-0.1, -0.05) is 122 Å². The lowest BCUT2D eigenvalue weighted by molar-refractivity contribution is -0.138. The van der Waals surface area contributed by atoms with Crippen LogP contribution in [-0.4, -0.2) is 77.8 Å². The van der Waals surface area contributed by atoms with Gasteiger partial charge in [-0.3, -0.25) is 9.11 Å². The largest absolute Gasteiger partial charge is 0.497 e. The summed E-state index contributed by atoms with van der Waals surface area (Å²) in [6.07, 6.45) is 25.6. The SMILES string of the molecule is C=C[C@H]1CN2C(S(=O)CCCCCCCCCCCCCCCCCC)C[C@@H]1C[C@@H]2[C@@H](OC(=O)NCCOC(=O)C(=C)C)C1=CCNc2ccc(OC)cc21. The summed E-state index contributed by atoms with van der Waals surface area (Å²) in [5.74, 6) is 1.51. The van der Waals surface area contributed by atoms with E-state index >= 15 is 0 Å². The lowest BCUT2D eigenvalue weighted by Crippen LogP contribution is -2.63. The van der Waals surface area contributed by atoms with Crippen molar-refractivity contribution >= 4 is 34.1 Å². The molecule has 3 unspecified atom stereocenters. The molecule has 1 aromatic rings. The molecule has 2 N–H and O–H groups in total. The fourth-order valence-corrected chi connectivity index (χ4v) is 10.3. The van der Waals surface area contributed by atoms with E-state index in [4.69, 9.17) is 14.2 Å². The summed E-state index contributed by atoms with van der Waals surface area (Å²) in [7, 11) is 0.611. The van der Waals surface area contributed by atoms with Crippen LogP contribution >= 0.6 is 0 Å². The summed E-state index contributed by atoms with van der Waals surface area (Å²) < 4.78 is 31.2. The number of hydrogen-bond acceptors (Lipinski definition) is 8. The van der Waals surface area contributed by atoms with Crippen molar-refractivity contribution in [3.8, 4) is 5.75 Å². The van der Waals surface area contributed by atoms with Gasteiger partial charge in [-0.15, -0.1) is 6.58 Å². The van der Waals surface area contributed by atoms with Gasteiger partial charge < -0.3 is 24.8 Å². The average Bonchev–Trinajstić information content (AvgIpc) is 3.20. The number of anilines is 1. The highest BCUT2D eigenvalue weighted by Crippen LogP contribution is 2.46. The monoisotopic (exact) mass is 782 g/mol. The molecule has 9 nitrogen and oxygen atoms in total. The topological polar surface area (TPSA) is 106 Å². The molecule has 0 spiro atoms. The van der Waals surface area contributed by atoms with Crippen molar-refractivity contribution in [3.63, 3.8) is 0 Å². The Kier molecular flexibility index (Phi) is 19.9. The van der Waals surface area contributed by atoms with E-state index in [9.17, 15) is 13.8 Å². The summed E-state index contributed by atoms with van der Waals surface area (Å²) in [6.45, 7) is 13.1. The molecule has 4 aliphatic rings. The van der Waals surface area contributed by atoms with Gasteiger partial charge in [0.25, 0.3) is 0 Å². The third-order valence-corrected chi connectivity index (χ3v) is 13.4. The van der Waals surface area contributed by atoms with Crippen LogP contribution in [0.15, 0.2) is 49.1 Å². The normalized spacial score (nSPS) is 22.4. The smallest absolute Gasteiger partial charge is 0.407 e. The second kappa shape index (κ2) is 24.5. The molecule has 55 heavy (non-hydrogen) atoms. The molecule has 4 heterocycles. The zero-order valence-corrected chi connectivity index (χ0v) is 35.1. The van der Waals surface area contributed by atoms with Crippen LogP contribution in [-0.2, 0) is 25.1 Å². The lowest BCUT2D eigenvalue weighted by Gasteiger charge is -2.55. The molecule has 7 atom stereocenters. The number of benzene rings is 1. The van der Waals surface area contributed by atoms with Crippen LogP contribution in [0.2, 0.25) is 0 Å². The van der Waals surface area contributed by atoms with Crippen LogP contribution in [0.4, 0.5) is 10.5 Å². The number of piperidine rings is 3. The van der Waals surface area contributed by atoms with Crippen molar-refractivity contribution in [2.24, 2.45) is 11.8 Å². The standard InChI is InChI=1S/C45H71N3O6S/c1-6-8-9-10-11-12-13-14-15-16-17-18-19-20-21-22-29-55(51)42-31-36-30-41(48(42)33-35(36)7-2)43(54-45(50)47-27-28-53-44(49)34(3)4)38-25-26-46-40-24-23-37(52-5)32-39(38)40/h7,23-25,32,35-36,41-43,46H,2-3,6,8-22,26-31,33H2,1,4-5H3,(H,47,50)/t35-,36-,41+,42?,43-,55?/m0/s1. The second-order valence-electron chi connectivity index (χ2n) is 15.9. The van der Waals surface area contributed by atoms with Gasteiger partial charge in [-0.05, 0) is 56.2 Å². The van der Waals surface area contributed by atoms with Gasteiger partial charge in [-0.25, -0.2) is 9.59 Å². The molecule has 4 aliphatic heterocycles. The van der Waals surface area contributed by atoms with Crippen LogP contribution in [0.5, 0.6) is 5.75 Å². The first-order valence-electron chi connectivity index (χ1n) is 21.4. The van der Waals surface area contributed by atoms with Gasteiger partial charge in [0.1, 0.15) is 18.5 Å². The van der Waals surface area contributed by atoms with Gasteiger partial charge in [0.15, 0.2) is 0 Å². The van der Waals surface area contributed by atoms with E-state index < -0.39 is 29.0 Å². The molecule has 5 rings (SSSR count). The molecule has 0 radical (unpaired) electrons. The number of hydrogen-bond donors (Lipinski definition) is 2. The van der Waals surface area contributed by atoms with E-state index in [1.807, 2.05) is 24.3 Å².